The Hall–Kier alpha value is -3.86. The maximum atomic E-state index is 14.3. The quantitative estimate of drug-likeness (QED) is 0.427. The fraction of sp³-hybridized carbons (Fsp3) is 0.130. The van der Waals surface area contributed by atoms with Crippen molar-refractivity contribution in [1.29, 1.82) is 0 Å². The molecule has 0 amide bonds. The predicted octanol–water partition coefficient (Wildman–Crippen LogP) is 3.58. The van der Waals surface area contributed by atoms with Crippen LogP contribution in [0.25, 0.3) is 21.9 Å². The van der Waals surface area contributed by atoms with Crippen LogP contribution >= 0.6 is 0 Å². The molecule has 0 aliphatic carbocycles. The molecule has 0 aliphatic rings. The minimum atomic E-state index is -3.64. The minimum absolute atomic E-state index is 0.0816. The van der Waals surface area contributed by atoms with Crippen LogP contribution in [0.5, 0.6) is 11.5 Å². The number of pyridine rings is 2. The lowest BCUT2D eigenvalue weighted by Gasteiger charge is -2.17. The summed E-state index contributed by atoms with van der Waals surface area (Å²) in [5.41, 5.74) is -0.892. The minimum Gasteiger partial charge on any atom is -0.453 e. The first-order chi connectivity index (χ1) is 15.9. The molecule has 0 saturated carbocycles. The SMILES string of the molecule is Cn1cc(-c2cn(CS(C)(=O)=O)c(=O)cc2Oc2ccc(F)cc2F)c2cc(F)ccc2c1=O. The van der Waals surface area contributed by atoms with Crippen LogP contribution < -0.4 is 15.9 Å². The highest BCUT2D eigenvalue weighted by molar-refractivity contribution is 7.89. The Morgan fingerprint density at radius 2 is 1.53 bits per heavy atom. The normalized spacial score (nSPS) is 11.7. The van der Waals surface area contributed by atoms with Gasteiger partial charge in [0.15, 0.2) is 21.4 Å². The number of halogens is 3. The molecule has 4 aromatic rings. The molecule has 0 aliphatic heterocycles. The summed E-state index contributed by atoms with van der Waals surface area (Å²) >= 11 is 0. The number of rotatable bonds is 5. The van der Waals surface area contributed by atoms with E-state index in [-0.39, 0.29) is 27.6 Å². The van der Waals surface area contributed by atoms with E-state index in [1.165, 1.54) is 30.1 Å². The lowest BCUT2D eigenvalue weighted by molar-refractivity contribution is 0.437. The number of nitrogens with zero attached hydrogens (tertiary/aromatic N) is 2. The molecule has 176 valence electrons. The van der Waals surface area contributed by atoms with Crippen molar-refractivity contribution in [2.45, 2.75) is 5.88 Å². The molecule has 0 atom stereocenters. The molecular weight excluding hydrogens is 473 g/mol. The molecule has 0 unspecified atom stereocenters. The van der Waals surface area contributed by atoms with E-state index in [9.17, 15) is 31.2 Å². The molecule has 2 heterocycles. The fourth-order valence-electron chi connectivity index (χ4n) is 3.52. The third-order valence-electron chi connectivity index (χ3n) is 5.01. The Labute approximate surface area is 191 Å². The van der Waals surface area contributed by atoms with E-state index in [1.807, 2.05) is 0 Å². The van der Waals surface area contributed by atoms with Gasteiger partial charge in [0.1, 0.15) is 23.3 Å². The van der Waals surface area contributed by atoms with Crippen LogP contribution in [0, 0.1) is 17.5 Å². The van der Waals surface area contributed by atoms with E-state index >= 15 is 0 Å². The Kier molecular flexibility index (Phi) is 5.82. The Bertz CT molecular complexity index is 1680. The van der Waals surface area contributed by atoms with Gasteiger partial charge in [-0.3, -0.25) is 14.2 Å². The van der Waals surface area contributed by atoms with Crippen molar-refractivity contribution in [2.24, 2.45) is 7.05 Å². The molecule has 11 heteroatoms. The van der Waals surface area contributed by atoms with Gasteiger partial charge in [-0.25, -0.2) is 21.6 Å². The number of sulfone groups is 1. The zero-order valence-corrected chi connectivity index (χ0v) is 18.7. The molecule has 0 fully saturated rings. The fourth-order valence-corrected chi connectivity index (χ4v) is 4.23. The standard InChI is InChI=1S/C23H17F3N2O5S/c1-27-10-17(16-7-13(24)3-5-15(16)23(27)30)18-11-28(12-34(2,31)32)22(29)9-21(18)33-20-6-4-14(25)8-19(20)26/h3-11H,12H2,1-2H3. The topological polar surface area (TPSA) is 87.4 Å². The number of ether oxygens (including phenoxy) is 1. The summed E-state index contributed by atoms with van der Waals surface area (Å²) in [4.78, 5) is 25.2. The molecule has 0 saturated heterocycles. The van der Waals surface area contributed by atoms with Crippen LogP contribution in [0.15, 0.2) is 64.4 Å². The first-order valence-electron chi connectivity index (χ1n) is 9.77. The first-order valence-corrected chi connectivity index (χ1v) is 11.8. The van der Waals surface area contributed by atoms with Gasteiger partial charge in [0.25, 0.3) is 11.1 Å². The Morgan fingerprint density at radius 1 is 0.853 bits per heavy atom. The monoisotopic (exact) mass is 490 g/mol. The summed E-state index contributed by atoms with van der Waals surface area (Å²) in [6.45, 7) is 0. The predicted molar refractivity (Wildman–Crippen MR) is 120 cm³/mol. The summed E-state index contributed by atoms with van der Waals surface area (Å²) in [6.07, 6.45) is 3.47. The Balaban J connectivity index is 2.05. The van der Waals surface area contributed by atoms with Crippen LogP contribution in [0.1, 0.15) is 0 Å². The number of hydrogen-bond acceptors (Lipinski definition) is 5. The molecule has 2 aromatic heterocycles. The van der Waals surface area contributed by atoms with Gasteiger partial charge in [-0.2, -0.15) is 0 Å². The number of aryl methyl sites for hydroxylation is 1. The smallest absolute Gasteiger partial charge is 0.258 e. The summed E-state index contributed by atoms with van der Waals surface area (Å²) in [5.74, 6) is -3.79. The van der Waals surface area contributed by atoms with E-state index in [1.54, 1.807) is 0 Å². The van der Waals surface area contributed by atoms with Crippen LogP contribution in [-0.2, 0) is 22.8 Å². The third-order valence-corrected chi connectivity index (χ3v) is 5.76. The average Bonchev–Trinajstić information content (AvgIpc) is 2.73. The van der Waals surface area contributed by atoms with Crippen molar-refractivity contribution in [3.63, 3.8) is 0 Å². The van der Waals surface area contributed by atoms with E-state index in [2.05, 4.69) is 0 Å². The second-order valence-electron chi connectivity index (χ2n) is 7.74. The van der Waals surface area contributed by atoms with Gasteiger partial charge in [-0.1, -0.05) is 0 Å². The zero-order valence-electron chi connectivity index (χ0n) is 17.9. The van der Waals surface area contributed by atoms with Gasteiger partial charge in [-0.05, 0) is 35.7 Å². The van der Waals surface area contributed by atoms with Crippen molar-refractivity contribution in [3.8, 4) is 22.6 Å². The molecule has 2 aromatic carbocycles. The van der Waals surface area contributed by atoms with Crippen LogP contribution in [0.4, 0.5) is 13.2 Å². The maximum Gasteiger partial charge on any atom is 0.258 e. The molecule has 0 bridgehead atoms. The van der Waals surface area contributed by atoms with Crippen molar-refractivity contribution in [3.05, 3.63) is 93.0 Å². The molecule has 4 rings (SSSR count). The van der Waals surface area contributed by atoms with E-state index in [0.29, 0.717) is 6.07 Å². The van der Waals surface area contributed by atoms with Crippen molar-refractivity contribution in [2.75, 3.05) is 6.26 Å². The van der Waals surface area contributed by atoms with Gasteiger partial charge < -0.3 is 9.30 Å². The van der Waals surface area contributed by atoms with Gasteiger partial charge in [0.2, 0.25) is 0 Å². The van der Waals surface area contributed by atoms with Gasteiger partial charge in [-0.15, -0.1) is 0 Å². The Morgan fingerprint density at radius 3 is 2.21 bits per heavy atom. The second-order valence-corrected chi connectivity index (χ2v) is 9.85. The highest BCUT2D eigenvalue weighted by Gasteiger charge is 2.19. The van der Waals surface area contributed by atoms with Crippen LogP contribution in [0.2, 0.25) is 0 Å². The molecular formula is C23H17F3N2O5S. The third kappa shape index (κ3) is 4.60. The zero-order chi connectivity index (χ0) is 24.8. The maximum absolute atomic E-state index is 14.3. The largest absolute Gasteiger partial charge is 0.453 e. The number of aromatic nitrogens is 2. The molecule has 7 nitrogen and oxygen atoms in total. The summed E-state index contributed by atoms with van der Waals surface area (Å²) in [7, 11) is -2.18. The number of benzene rings is 2. The summed E-state index contributed by atoms with van der Waals surface area (Å²) in [6, 6.07) is 7.04. The second kappa shape index (κ2) is 8.49. The average molecular weight is 490 g/mol. The van der Waals surface area contributed by atoms with E-state index in [4.69, 9.17) is 4.74 Å². The lowest BCUT2D eigenvalue weighted by atomic mass is 10.0. The highest BCUT2D eigenvalue weighted by atomic mass is 32.2. The summed E-state index contributed by atoms with van der Waals surface area (Å²) < 4.78 is 73.1. The van der Waals surface area contributed by atoms with Crippen molar-refractivity contribution >= 4 is 20.6 Å². The first kappa shape index (κ1) is 23.3. The van der Waals surface area contributed by atoms with Gasteiger partial charge in [0.05, 0.1) is 0 Å². The molecule has 0 radical (unpaired) electrons. The van der Waals surface area contributed by atoms with Crippen molar-refractivity contribution in [1.82, 2.24) is 9.13 Å². The van der Waals surface area contributed by atoms with Gasteiger partial charge >= 0.3 is 0 Å². The van der Waals surface area contributed by atoms with E-state index in [0.717, 1.165) is 41.2 Å². The molecule has 0 N–H and O–H groups in total. The highest BCUT2D eigenvalue weighted by Crippen LogP contribution is 2.36. The number of hydrogen-bond donors (Lipinski definition) is 0. The number of fused-ring (bicyclic) bond motifs is 1. The van der Waals surface area contributed by atoms with Gasteiger partial charge in [0, 0.05) is 54.3 Å². The van der Waals surface area contributed by atoms with Crippen molar-refractivity contribution < 1.29 is 26.3 Å². The van der Waals surface area contributed by atoms with Crippen LogP contribution in [0.3, 0.4) is 0 Å². The summed E-state index contributed by atoms with van der Waals surface area (Å²) in [5, 5.41) is 0.318. The van der Waals surface area contributed by atoms with E-state index < -0.39 is 50.0 Å². The lowest BCUT2D eigenvalue weighted by Crippen LogP contribution is -2.23. The molecule has 34 heavy (non-hydrogen) atoms. The van der Waals surface area contributed by atoms with Crippen LogP contribution in [-0.4, -0.2) is 23.8 Å². The molecule has 0 spiro atoms.